The lowest BCUT2D eigenvalue weighted by Gasteiger charge is -2.39. The van der Waals surface area contributed by atoms with Crippen molar-refractivity contribution in [3.8, 4) is 0 Å². The van der Waals surface area contributed by atoms with E-state index in [1.54, 1.807) is 21.8 Å². The molecule has 2 N–H and O–H groups in total. The Labute approximate surface area is 167 Å². The van der Waals surface area contributed by atoms with Gasteiger partial charge in [0, 0.05) is 28.5 Å². The third-order valence-corrected chi connectivity index (χ3v) is 6.54. The Kier molecular flexibility index (Phi) is 10.3. The maximum atomic E-state index is 12.9. The monoisotopic (exact) mass is 410 g/mol. The summed E-state index contributed by atoms with van der Waals surface area (Å²) < 4.78 is 9.18. The minimum atomic E-state index is -0.463. The Hall–Kier alpha value is 0.440. The smallest absolute Gasteiger partial charge is 0.226 e. The summed E-state index contributed by atoms with van der Waals surface area (Å²) in [6.07, 6.45) is 3.41. The van der Waals surface area contributed by atoms with Crippen molar-refractivity contribution in [1.29, 1.82) is 0 Å². The number of rotatable bonds is 12. The minimum absolute atomic E-state index is 0.0838. The quantitative estimate of drug-likeness (QED) is 0.193. The fourth-order valence-corrected chi connectivity index (χ4v) is 5.45. The Bertz CT molecular complexity index is 425. The van der Waals surface area contributed by atoms with E-state index >= 15 is 0 Å². The molecule has 0 heterocycles. The summed E-state index contributed by atoms with van der Waals surface area (Å²) in [7, 11) is 3.43. The predicted molar refractivity (Wildman–Crippen MR) is 117 cm³/mol. The number of amides is 1. The van der Waals surface area contributed by atoms with E-state index in [0.29, 0.717) is 0 Å². The van der Waals surface area contributed by atoms with E-state index < -0.39 is 5.41 Å². The van der Waals surface area contributed by atoms with Gasteiger partial charge in [-0.1, -0.05) is 31.6 Å². The first-order chi connectivity index (χ1) is 11.2. The predicted octanol–water partition coefficient (Wildman–Crippen LogP) is 5.45. The first-order valence-electron chi connectivity index (χ1n) is 8.76. The molecular weight excluding hydrogens is 372 g/mol. The van der Waals surface area contributed by atoms with E-state index in [1.807, 2.05) is 20.1 Å². The van der Waals surface area contributed by atoms with E-state index in [9.17, 15) is 4.79 Å². The third-order valence-electron chi connectivity index (χ3n) is 3.62. The van der Waals surface area contributed by atoms with Crippen LogP contribution in [0.2, 0.25) is 0 Å². The molecule has 0 aromatic heterocycles. The van der Waals surface area contributed by atoms with Crippen molar-refractivity contribution in [1.82, 2.24) is 10.0 Å². The molecule has 0 aliphatic rings. The molecule has 0 aromatic carbocycles. The Morgan fingerprint density at radius 1 is 0.960 bits per heavy atom. The summed E-state index contributed by atoms with van der Waals surface area (Å²) in [4.78, 5) is 12.9. The molecule has 150 valence electrons. The van der Waals surface area contributed by atoms with Crippen LogP contribution in [0.3, 0.4) is 0 Å². The summed E-state index contributed by atoms with van der Waals surface area (Å²) >= 11 is 1.37. The Morgan fingerprint density at radius 2 is 1.52 bits per heavy atom. The maximum absolute atomic E-state index is 12.9. The Morgan fingerprint density at radius 3 is 2.00 bits per heavy atom. The average molecular weight is 411 g/mol. The van der Waals surface area contributed by atoms with Crippen LogP contribution in [0.1, 0.15) is 75.2 Å². The molecule has 0 saturated heterocycles. The van der Waals surface area contributed by atoms with Crippen molar-refractivity contribution in [3.63, 3.8) is 0 Å². The van der Waals surface area contributed by atoms with Gasteiger partial charge in [-0.2, -0.15) is 0 Å². The molecule has 25 heavy (non-hydrogen) atoms. The van der Waals surface area contributed by atoms with Crippen LogP contribution in [0, 0.1) is 5.41 Å². The van der Waals surface area contributed by atoms with Crippen molar-refractivity contribution in [2.45, 2.75) is 91.8 Å². The van der Waals surface area contributed by atoms with Gasteiger partial charge in [0.15, 0.2) is 0 Å². The third kappa shape index (κ3) is 11.0. The summed E-state index contributed by atoms with van der Waals surface area (Å²) in [5.74, 6) is 1.14. The maximum Gasteiger partial charge on any atom is 0.226 e. The van der Waals surface area contributed by atoms with E-state index in [2.05, 4.69) is 58.5 Å². The van der Waals surface area contributed by atoms with Crippen molar-refractivity contribution in [2.75, 3.05) is 12.0 Å². The molecule has 0 rings (SSSR count). The SMILES string of the molecule is CCSSNC(C)(C)CC(C)(C)C(=O)NC(C)(C)CC(C)(C)OSC. The fourth-order valence-electron chi connectivity index (χ4n) is 3.26. The van der Waals surface area contributed by atoms with Gasteiger partial charge in [-0.25, -0.2) is 4.72 Å². The zero-order valence-corrected chi connectivity index (χ0v) is 20.1. The van der Waals surface area contributed by atoms with Gasteiger partial charge in [0.05, 0.1) is 5.60 Å². The Balaban J connectivity index is 4.84. The van der Waals surface area contributed by atoms with Gasteiger partial charge < -0.3 is 9.50 Å². The summed E-state index contributed by atoms with van der Waals surface area (Å²) in [5, 5.41) is 3.23. The van der Waals surface area contributed by atoms with Crippen molar-refractivity contribution >= 4 is 39.7 Å². The van der Waals surface area contributed by atoms with E-state index in [0.717, 1.165) is 18.6 Å². The lowest BCUT2D eigenvalue weighted by Crippen LogP contribution is -2.53. The van der Waals surface area contributed by atoms with E-state index in [1.165, 1.54) is 12.0 Å². The van der Waals surface area contributed by atoms with Crippen molar-refractivity contribution < 1.29 is 8.98 Å². The average Bonchev–Trinajstić information content (AvgIpc) is 2.34. The van der Waals surface area contributed by atoms with Crippen LogP contribution in [0.25, 0.3) is 0 Å². The second kappa shape index (κ2) is 10.1. The molecule has 7 heteroatoms. The van der Waals surface area contributed by atoms with Gasteiger partial charge in [-0.15, -0.1) is 0 Å². The van der Waals surface area contributed by atoms with Crippen LogP contribution in [0.15, 0.2) is 0 Å². The van der Waals surface area contributed by atoms with Gasteiger partial charge in [0.2, 0.25) is 5.91 Å². The van der Waals surface area contributed by atoms with E-state index in [4.69, 9.17) is 4.18 Å². The molecular formula is C18H38N2O2S3. The van der Waals surface area contributed by atoms with Crippen LogP contribution >= 0.6 is 33.8 Å². The highest BCUT2D eigenvalue weighted by molar-refractivity contribution is 8.76. The molecule has 0 unspecified atom stereocenters. The number of hydrogen-bond acceptors (Lipinski definition) is 6. The normalized spacial score (nSPS) is 13.8. The van der Waals surface area contributed by atoms with Gasteiger partial charge in [0.1, 0.15) is 0 Å². The van der Waals surface area contributed by atoms with Gasteiger partial charge >= 0.3 is 0 Å². The van der Waals surface area contributed by atoms with Crippen LogP contribution in [0.5, 0.6) is 0 Å². The number of carbonyl (C=O) groups excluding carboxylic acids is 1. The molecule has 4 nitrogen and oxygen atoms in total. The highest BCUT2D eigenvalue weighted by Gasteiger charge is 2.38. The zero-order valence-electron chi connectivity index (χ0n) is 17.7. The summed E-state index contributed by atoms with van der Waals surface area (Å²) in [6.45, 7) is 18.7. The van der Waals surface area contributed by atoms with Crippen molar-refractivity contribution in [2.24, 2.45) is 5.41 Å². The van der Waals surface area contributed by atoms with Crippen LogP contribution in [0.4, 0.5) is 0 Å². The molecule has 1 amide bonds. The highest BCUT2D eigenvalue weighted by atomic mass is 33.1. The molecule has 0 saturated carbocycles. The first-order valence-corrected chi connectivity index (χ1v) is 12.2. The van der Waals surface area contributed by atoms with Gasteiger partial charge in [0.25, 0.3) is 0 Å². The minimum Gasteiger partial charge on any atom is -0.351 e. The lowest BCUT2D eigenvalue weighted by molar-refractivity contribution is -0.132. The standard InChI is InChI=1S/C18H38N2O2S3/c1-11-24-25-20-17(6,7)12-15(2,3)14(21)19-16(4,5)13-18(8,9)22-23-10/h20H,11-13H2,1-10H3,(H,19,21). The van der Waals surface area contributed by atoms with E-state index in [-0.39, 0.29) is 22.6 Å². The second-order valence-corrected chi connectivity index (χ2v) is 12.0. The van der Waals surface area contributed by atoms with Gasteiger partial charge in [-0.3, -0.25) is 4.79 Å². The van der Waals surface area contributed by atoms with Gasteiger partial charge in [-0.05, 0) is 77.4 Å². The molecule has 0 atom stereocenters. The summed E-state index contributed by atoms with van der Waals surface area (Å²) in [6, 6.07) is 0. The van der Waals surface area contributed by atoms with Crippen LogP contribution in [-0.2, 0) is 8.98 Å². The number of carbonyl (C=O) groups is 1. The molecule has 0 spiro atoms. The number of hydrogen-bond donors (Lipinski definition) is 2. The molecule has 0 fully saturated rings. The molecule has 0 aromatic rings. The summed E-state index contributed by atoms with van der Waals surface area (Å²) in [5.41, 5.74) is -1.22. The zero-order chi connectivity index (χ0) is 19.9. The largest absolute Gasteiger partial charge is 0.351 e. The highest BCUT2D eigenvalue weighted by Crippen LogP contribution is 2.33. The molecule has 0 radical (unpaired) electrons. The number of nitrogens with one attached hydrogen (secondary N) is 2. The molecule has 0 bridgehead atoms. The molecule has 0 aliphatic carbocycles. The molecule has 0 aliphatic heterocycles. The topological polar surface area (TPSA) is 50.4 Å². The van der Waals surface area contributed by atoms with Crippen LogP contribution in [-0.4, -0.2) is 34.6 Å². The van der Waals surface area contributed by atoms with Crippen LogP contribution < -0.4 is 10.0 Å². The lowest BCUT2D eigenvalue weighted by atomic mass is 9.78. The fraction of sp³-hybridized carbons (Fsp3) is 0.944. The van der Waals surface area contributed by atoms with Crippen molar-refractivity contribution in [3.05, 3.63) is 0 Å². The first kappa shape index (κ1) is 25.4. The second-order valence-electron chi connectivity index (χ2n) is 9.06.